The summed E-state index contributed by atoms with van der Waals surface area (Å²) in [5, 5.41) is 0. The predicted octanol–water partition coefficient (Wildman–Crippen LogP) is 0.727. The van der Waals surface area contributed by atoms with Gasteiger partial charge in [-0.15, -0.1) is 0 Å². The van der Waals surface area contributed by atoms with E-state index >= 15 is 0 Å². The van der Waals surface area contributed by atoms with Crippen molar-refractivity contribution in [3.05, 3.63) is 0 Å². The topological polar surface area (TPSA) is 49.6 Å². The number of nitrogens with two attached hydrogens (primary N) is 1. The summed E-state index contributed by atoms with van der Waals surface area (Å²) in [5.41, 5.74) is 6.14. The fourth-order valence-corrected chi connectivity index (χ4v) is 3.12. The second kappa shape index (κ2) is 3.37. The van der Waals surface area contributed by atoms with Crippen LogP contribution in [0.1, 0.15) is 19.8 Å². The van der Waals surface area contributed by atoms with Crippen LogP contribution in [0.5, 0.6) is 0 Å². The first kappa shape index (κ1) is 10.7. The Morgan fingerprint density at radius 3 is 2.20 bits per heavy atom. The van der Waals surface area contributed by atoms with Crippen LogP contribution in [0.3, 0.4) is 0 Å². The van der Waals surface area contributed by atoms with Crippen molar-refractivity contribution in [2.45, 2.75) is 25.3 Å². The van der Waals surface area contributed by atoms with E-state index in [4.69, 9.17) is 5.73 Å². The van der Waals surface area contributed by atoms with Crippen LogP contribution in [0.15, 0.2) is 0 Å². The van der Waals surface area contributed by atoms with Gasteiger partial charge in [0.05, 0.1) is 0 Å². The molecule has 2 fully saturated rings. The summed E-state index contributed by atoms with van der Waals surface area (Å²) in [6.07, 6.45) is 2.13. The van der Waals surface area contributed by atoms with Crippen molar-refractivity contribution in [1.82, 2.24) is 9.80 Å². The molecule has 0 radical (unpaired) electrons. The number of carbonyl (C=O) groups is 1. The van der Waals surface area contributed by atoms with Gasteiger partial charge in [0.2, 0.25) is 0 Å². The third-order valence-electron chi connectivity index (χ3n) is 3.69. The van der Waals surface area contributed by atoms with Crippen molar-refractivity contribution in [3.8, 4) is 0 Å². The minimum atomic E-state index is 0.00257. The van der Waals surface area contributed by atoms with Crippen molar-refractivity contribution in [2.24, 2.45) is 17.6 Å². The zero-order valence-electron chi connectivity index (χ0n) is 9.86. The van der Waals surface area contributed by atoms with Crippen LogP contribution in [-0.4, -0.2) is 48.6 Å². The molecule has 4 heteroatoms. The average Bonchev–Trinajstić information content (AvgIpc) is 2.55. The van der Waals surface area contributed by atoms with E-state index in [1.54, 1.807) is 4.90 Å². The summed E-state index contributed by atoms with van der Waals surface area (Å²) in [6.45, 7) is 3.92. The molecule has 2 rings (SSSR count). The highest BCUT2D eigenvalue weighted by atomic mass is 16.2. The number of fused-ring (bicyclic) bond motifs is 1. The Bertz CT molecular complexity index is 259. The fourth-order valence-electron chi connectivity index (χ4n) is 3.12. The predicted molar refractivity (Wildman–Crippen MR) is 59.5 cm³/mol. The van der Waals surface area contributed by atoms with Gasteiger partial charge in [-0.25, -0.2) is 4.79 Å². The van der Waals surface area contributed by atoms with Gasteiger partial charge >= 0.3 is 6.03 Å². The zero-order chi connectivity index (χ0) is 11.2. The zero-order valence-corrected chi connectivity index (χ0v) is 9.86. The van der Waals surface area contributed by atoms with Gasteiger partial charge in [-0.2, -0.15) is 0 Å². The Balaban J connectivity index is 1.97. The molecular formula is C11H21N3O. The van der Waals surface area contributed by atoms with Gasteiger partial charge in [0.15, 0.2) is 0 Å². The van der Waals surface area contributed by atoms with Gasteiger partial charge in [-0.3, -0.25) is 0 Å². The highest BCUT2D eigenvalue weighted by molar-refractivity contribution is 5.74. The smallest absolute Gasteiger partial charge is 0.319 e. The molecule has 1 heterocycles. The molecule has 2 aliphatic rings. The fraction of sp³-hybridized carbons (Fsp3) is 0.909. The molecule has 0 aromatic carbocycles. The molecule has 86 valence electrons. The SMILES string of the molecule is CN(C)C(=O)N1C[C@@H]2C[C@](C)(N)C[C@@H]2C1. The van der Waals surface area contributed by atoms with Gasteiger partial charge in [-0.05, 0) is 31.6 Å². The molecule has 1 aliphatic carbocycles. The normalized spacial score (nSPS) is 39.3. The summed E-state index contributed by atoms with van der Waals surface area (Å²) in [6, 6.07) is 0.142. The standard InChI is InChI=1S/C11H21N3O/c1-11(12)4-8-6-14(7-9(8)5-11)10(15)13(2)3/h8-9H,4-7,12H2,1-3H3/t8-,9+,11-. The van der Waals surface area contributed by atoms with Crippen molar-refractivity contribution in [1.29, 1.82) is 0 Å². The highest BCUT2D eigenvalue weighted by Crippen LogP contribution is 2.42. The van der Waals surface area contributed by atoms with Gasteiger partial charge in [-0.1, -0.05) is 0 Å². The molecule has 1 saturated heterocycles. The van der Waals surface area contributed by atoms with Crippen LogP contribution in [0.4, 0.5) is 4.79 Å². The van der Waals surface area contributed by atoms with Gasteiger partial charge in [0.25, 0.3) is 0 Å². The van der Waals surface area contributed by atoms with E-state index in [-0.39, 0.29) is 11.6 Å². The van der Waals surface area contributed by atoms with E-state index < -0.39 is 0 Å². The summed E-state index contributed by atoms with van der Waals surface area (Å²) in [5.74, 6) is 1.26. The number of hydrogen-bond acceptors (Lipinski definition) is 2. The number of likely N-dealkylation sites (tertiary alicyclic amines) is 1. The second-order valence-corrected chi connectivity index (χ2v) is 5.66. The summed E-state index contributed by atoms with van der Waals surface area (Å²) in [7, 11) is 3.62. The Morgan fingerprint density at radius 2 is 1.80 bits per heavy atom. The largest absolute Gasteiger partial charge is 0.331 e. The average molecular weight is 211 g/mol. The lowest BCUT2D eigenvalue weighted by atomic mass is 10.00. The number of nitrogens with zero attached hydrogens (tertiary/aromatic N) is 2. The molecule has 0 aromatic heterocycles. The van der Waals surface area contributed by atoms with Crippen LogP contribution in [-0.2, 0) is 0 Å². The lowest BCUT2D eigenvalue weighted by Gasteiger charge is -2.25. The number of carbonyl (C=O) groups excluding carboxylic acids is 1. The van der Waals surface area contributed by atoms with E-state index in [1.165, 1.54) is 0 Å². The minimum absolute atomic E-state index is 0.00257. The molecule has 1 aliphatic heterocycles. The maximum atomic E-state index is 11.8. The Labute approximate surface area is 91.4 Å². The maximum Gasteiger partial charge on any atom is 0.319 e. The van der Waals surface area contributed by atoms with Crippen LogP contribution in [0.2, 0.25) is 0 Å². The highest BCUT2D eigenvalue weighted by Gasteiger charge is 2.46. The Hall–Kier alpha value is -0.770. The minimum Gasteiger partial charge on any atom is -0.331 e. The van der Waals surface area contributed by atoms with Crippen LogP contribution >= 0.6 is 0 Å². The molecular weight excluding hydrogens is 190 g/mol. The van der Waals surface area contributed by atoms with E-state index in [9.17, 15) is 4.79 Å². The molecule has 2 N–H and O–H groups in total. The first-order valence-electron chi connectivity index (χ1n) is 5.64. The molecule has 0 unspecified atom stereocenters. The molecule has 1 saturated carbocycles. The van der Waals surface area contributed by atoms with Gasteiger partial charge in [0, 0.05) is 32.7 Å². The number of hydrogen-bond donors (Lipinski definition) is 1. The number of rotatable bonds is 0. The van der Waals surface area contributed by atoms with Crippen LogP contribution in [0.25, 0.3) is 0 Å². The first-order chi connectivity index (χ1) is 6.89. The lowest BCUT2D eigenvalue weighted by molar-refractivity contribution is 0.176. The van der Waals surface area contributed by atoms with Crippen molar-refractivity contribution < 1.29 is 4.79 Å². The van der Waals surface area contributed by atoms with Gasteiger partial charge in [0.1, 0.15) is 0 Å². The Kier molecular flexibility index (Phi) is 2.41. The monoisotopic (exact) mass is 211 g/mol. The Morgan fingerprint density at radius 1 is 1.33 bits per heavy atom. The first-order valence-corrected chi connectivity index (χ1v) is 5.64. The second-order valence-electron chi connectivity index (χ2n) is 5.66. The quantitative estimate of drug-likeness (QED) is 0.642. The molecule has 3 atom stereocenters. The number of urea groups is 1. The van der Waals surface area contributed by atoms with Crippen molar-refractivity contribution in [3.63, 3.8) is 0 Å². The summed E-state index contributed by atoms with van der Waals surface area (Å²) >= 11 is 0. The summed E-state index contributed by atoms with van der Waals surface area (Å²) in [4.78, 5) is 15.4. The molecule has 2 amide bonds. The maximum absolute atomic E-state index is 11.8. The van der Waals surface area contributed by atoms with Crippen molar-refractivity contribution in [2.75, 3.05) is 27.2 Å². The molecule has 15 heavy (non-hydrogen) atoms. The lowest BCUT2D eigenvalue weighted by Crippen LogP contribution is -2.40. The van der Waals surface area contributed by atoms with Crippen LogP contribution < -0.4 is 5.73 Å². The van der Waals surface area contributed by atoms with Crippen molar-refractivity contribution >= 4 is 6.03 Å². The van der Waals surface area contributed by atoms with E-state index in [2.05, 4.69) is 6.92 Å². The number of amides is 2. The molecule has 4 nitrogen and oxygen atoms in total. The third kappa shape index (κ3) is 1.95. The van der Waals surface area contributed by atoms with E-state index in [0.717, 1.165) is 25.9 Å². The molecule has 0 bridgehead atoms. The van der Waals surface area contributed by atoms with Crippen LogP contribution in [0, 0.1) is 11.8 Å². The van der Waals surface area contributed by atoms with E-state index in [1.807, 2.05) is 19.0 Å². The molecule has 0 spiro atoms. The molecule has 0 aromatic rings. The summed E-state index contributed by atoms with van der Waals surface area (Å²) < 4.78 is 0. The van der Waals surface area contributed by atoms with E-state index in [0.29, 0.717) is 11.8 Å². The third-order valence-corrected chi connectivity index (χ3v) is 3.69. The van der Waals surface area contributed by atoms with Gasteiger partial charge < -0.3 is 15.5 Å².